The Hall–Kier alpha value is -1.14. The summed E-state index contributed by atoms with van der Waals surface area (Å²) in [6.45, 7) is 3.25. The van der Waals surface area contributed by atoms with Gasteiger partial charge in [0.1, 0.15) is 6.04 Å². The van der Waals surface area contributed by atoms with Gasteiger partial charge in [-0.2, -0.15) is 0 Å². The number of amides is 2. The third-order valence-electron chi connectivity index (χ3n) is 5.04. The number of ether oxygens (including phenoxy) is 1. The first-order chi connectivity index (χ1) is 10.7. The lowest BCUT2D eigenvalue weighted by atomic mass is 9.88. The van der Waals surface area contributed by atoms with Crippen LogP contribution in [0.3, 0.4) is 0 Å². The molecule has 2 amide bonds. The van der Waals surface area contributed by atoms with Crippen LogP contribution in [0.15, 0.2) is 0 Å². The van der Waals surface area contributed by atoms with Gasteiger partial charge in [-0.25, -0.2) is 0 Å². The van der Waals surface area contributed by atoms with Gasteiger partial charge in [-0.05, 0) is 19.3 Å². The van der Waals surface area contributed by atoms with E-state index >= 15 is 0 Å². The summed E-state index contributed by atoms with van der Waals surface area (Å²) in [7, 11) is 0. The molecule has 0 spiro atoms. The Balaban J connectivity index is 1.45. The maximum absolute atomic E-state index is 12.5. The third kappa shape index (κ3) is 3.79. The number of carbonyl (C=O) groups excluding carboxylic acids is 2. The molecule has 6 nitrogen and oxygen atoms in total. The van der Waals surface area contributed by atoms with Gasteiger partial charge in [0, 0.05) is 31.6 Å². The second-order valence-corrected chi connectivity index (χ2v) is 6.69. The average molecular weight is 309 g/mol. The molecule has 0 bridgehead atoms. The van der Waals surface area contributed by atoms with E-state index in [0.29, 0.717) is 25.7 Å². The number of carbonyl (C=O) groups is 2. The Kier molecular flexibility index (Phi) is 5.31. The number of morpholine rings is 1. The van der Waals surface area contributed by atoms with Crippen molar-refractivity contribution >= 4 is 11.8 Å². The molecule has 2 saturated heterocycles. The van der Waals surface area contributed by atoms with Crippen LogP contribution in [-0.2, 0) is 14.3 Å². The Morgan fingerprint density at radius 1 is 1.14 bits per heavy atom. The quantitative estimate of drug-likeness (QED) is 0.785. The molecule has 6 heteroatoms. The molecule has 0 aromatic carbocycles. The fraction of sp³-hybridized carbons (Fsp3) is 0.875. The molecule has 124 valence electrons. The summed E-state index contributed by atoms with van der Waals surface area (Å²) >= 11 is 0. The molecule has 3 fully saturated rings. The van der Waals surface area contributed by atoms with E-state index in [1.54, 1.807) is 0 Å². The number of likely N-dealkylation sites (tertiary alicyclic amines) is 1. The lowest BCUT2D eigenvalue weighted by molar-refractivity contribution is -0.136. The highest BCUT2D eigenvalue weighted by Gasteiger charge is 2.33. The minimum atomic E-state index is -0.253. The molecule has 22 heavy (non-hydrogen) atoms. The SMILES string of the molecule is O=C(NC1CCN(C(=O)C2CCCCC2)C1)C1COCCN1. The molecule has 3 rings (SSSR count). The second kappa shape index (κ2) is 7.42. The Morgan fingerprint density at radius 2 is 1.95 bits per heavy atom. The molecule has 0 radical (unpaired) electrons. The first-order valence-corrected chi connectivity index (χ1v) is 8.64. The summed E-state index contributed by atoms with van der Waals surface area (Å²) in [5.74, 6) is 0.517. The van der Waals surface area contributed by atoms with Crippen molar-refractivity contribution in [2.24, 2.45) is 5.92 Å². The average Bonchev–Trinajstić information content (AvgIpc) is 3.04. The van der Waals surface area contributed by atoms with Crippen molar-refractivity contribution in [1.29, 1.82) is 0 Å². The van der Waals surface area contributed by atoms with Crippen molar-refractivity contribution in [2.45, 2.75) is 50.6 Å². The van der Waals surface area contributed by atoms with Crippen LogP contribution in [0, 0.1) is 5.92 Å². The van der Waals surface area contributed by atoms with Crippen LogP contribution in [0.1, 0.15) is 38.5 Å². The molecule has 2 aliphatic heterocycles. The molecular formula is C16H27N3O3. The molecular weight excluding hydrogens is 282 g/mol. The third-order valence-corrected chi connectivity index (χ3v) is 5.04. The molecule has 1 saturated carbocycles. The van der Waals surface area contributed by atoms with E-state index in [1.165, 1.54) is 19.3 Å². The monoisotopic (exact) mass is 309 g/mol. The molecule has 0 aromatic rings. The van der Waals surface area contributed by atoms with Crippen molar-refractivity contribution in [1.82, 2.24) is 15.5 Å². The van der Waals surface area contributed by atoms with E-state index in [1.807, 2.05) is 4.90 Å². The van der Waals surface area contributed by atoms with Crippen LogP contribution in [0.5, 0.6) is 0 Å². The molecule has 3 aliphatic rings. The van der Waals surface area contributed by atoms with Crippen molar-refractivity contribution < 1.29 is 14.3 Å². The number of hydrogen-bond donors (Lipinski definition) is 2. The zero-order chi connectivity index (χ0) is 15.4. The standard InChI is InChI=1S/C16H27N3O3/c20-15(14-11-22-9-7-17-14)18-13-6-8-19(10-13)16(21)12-4-2-1-3-5-12/h12-14,17H,1-11H2,(H,18,20). The number of nitrogens with one attached hydrogen (secondary N) is 2. The van der Waals surface area contributed by atoms with Gasteiger partial charge >= 0.3 is 0 Å². The van der Waals surface area contributed by atoms with Crippen molar-refractivity contribution in [3.63, 3.8) is 0 Å². The lowest BCUT2D eigenvalue weighted by Crippen LogP contribution is -2.53. The summed E-state index contributed by atoms with van der Waals surface area (Å²) in [6.07, 6.45) is 6.55. The minimum Gasteiger partial charge on any atom is -0.378 e. The van der Waals surface area contributed by atoms with Crippen LogP contribution in [0.2, 0.25) is 0 Å². The molecule has 2 atom stereocenters. The van der Waals surface area contributed by atoms with E-state index < -0.39 is 0 Å². The Morgan fingerprint density at radius 3 is 2.68 bits per heavy atom. The molecule has 2 unspecified atom stereocenters. The Labute approximate surface area is 131 Å². The fourth-order valence-corrected chi connectivity index (χ4v) is 3.72. The van der Waals surface area contributed by atoms with Crippen LogP contribution >= 0.6 is 0 Å². The van der Waals surface area contributed by atoms with E-state index in [2.05, 4.69) is 10.6 Å². The molecule has 1 aliphatic carbocycles. The molecule has 2 heterocycles. The van der Waals surface area contributed by atoms with Crippen LogP contribution in [0.4, 0.5) is 0 Å². The lowest BCUT2D eigenvalue weighted by Gasteiger charge is -2.27. The first-order valence-electron chi connectivity index (χ1n) is 8.64. The van der Waals surface area contributed by atoms with Crippen LogP contribution in [0.25, 0.3) is 0 Å². The van der Waals surface area contributed by atoms with E-state index in [4.69, 9.17) is 4.74 Å². The smallest absolute Gasteiger partial charge is 0.239 e. The van der Waals surface area contributed by atoms with Gasteiger partial charge in [-0.3, -0.25) is 9.59 Å². The summed E-state index contributed by atoms with van der Waals surface area (Å²) in [4.78, 5) is 26.6. The zero-order valence-electron chi connectivity index (χ0n) is 13.2. The van der Waals surface area contributed by atoms with Gasteiger partial charge in [0.25, 0.3) is 0 Å². The summed E-state index contributed by atoms with van der Waals surface area (Å²) in [6, 6.07) is -0.166. The van der Waals surface area contributed by atoms with Gasteiger partial charge < -0.3 is 20.3 Å². The van der Waals surface area contributed by atoms with Gasteiger partial charge in [0.05, 0.1) is 13.2 Å². The predicted octanol–water partition coefficient (Wildman–Crippen LogP) is 0.272. The van der Waals surface area contributed by atoms with Crippen molar-refractivity contribution in [3.05, 3.63) is 0 Å². The highest BCUT2D eigenvalue weighted by Crippen LogP contribution is 2.26. The van der Waals surface area contributed by atoms with Gasteiger partial charge in [0.15, 0.2) is 0 Å². The predicted molar refractivity (Wildman–Crippen MR) is 82.3 cm³/mol. The number of rotatable bonds is 3. The van der Waals surface area contributed by atoms with Crippen molar-refractivity contribution in [2.75, 3.05) is 32.8 Å². The summed E-state index contributed by atoms with van der Waals surface area (Å²) in [5, 5.41) is 6.22. The van der Waals surface area contributed by atoms with E-state index in [9.17, 15) is 9.59 Å². The molecule has 0 aromatic heterocycles. The maximum Gasteiger partial charge on any atom is 0.239 e. The minimum absolute atomic E-state index is 0.00309. The second-order valence-electron chi connectivity index (χ2n) is 6.69. The summed E-state index contributed by atoms with van der Waals surface area (Å²) in [5.41, 5.74) is 0. The normalized spacial score (nSPS) is 30.3. The fourth-order valence-electron chi connectivity index (χ4n) is 3.72. The Bertz CT molecular complexity index is 403. The van der Waals surface area contributed by atoms with Gasteiger partial charge in [0.2, 0.25) is 11.8 Å². The highest BCUT2D eigenvalue weighted by atomic mass is 16.5. The number of nitrogens with zero attached hydrogens (tertiary/aromatic N) is 1. The van der Waals surface area contributed by atoms with E-state index in [0.717, 1.165) is 32.4 Å². The molecule has 2 N–H and O–H groups in total. The first kappa shape index (κ1) is 15.7. The number of hydrogen-bond acceptors (Lipinski definition) is 4. The van der Waals surface area contributed by atoms with Crippen LogP contribution < -0.4 is 10.6 Å². The topological polar surface area (TPSA) is 70.7 Å². The zero-order valence-corrected chi connectivity index (χ0v) is 13.2. The van der Waals surface area contributed by atoms with Crippen LogP contribution in [-0.4, -0.2) is 61.6 Å². The van der Waals surface area contributed by atoms with E-state index in [-0.39, 0.29) is 23.9 Å². The maximum atomic E-state index is 12.5. The van der Waals surface area contributed by atoms with Gasteiger partial charge in [-0.1, -0.05) is 19.3 Å². The van der Waals surface area contributed by atoms with Crippen molar-refractivity contribution in [3.8, 4) is 0 Å². The summed E-state index contributed by atoms with van der Waals surface area (Å²) < 4.78 is 5.32. The highest BCUT2D eigenvalue weighted by molar-refractivity contribution is 5.83. The largest absolute Gasteiger partial charge is 0.378 e. The van der Waals surface area contributed by atoms with Gasteiger partial charge in [-0.15, -0.1) is 0 Å².